The maximum absolute atomic E-state index is 11.7. The molecule has 1 amide bonds. The van der Waals surface area contributed by atoms with Crippen LogP contribution in [-0.2, 0) is 4.79 Å². The van der Waals surface area contributed by atoms with Gasteiger partial charge >= 0.3 is 0 Å². The average Bonchev–Trinajstić information content (AvgIpc) is 3.12. The van der Waals surface area contributed by atoms with E-state index < -0.39 is 0 Å². The minimum atomic E-state index is -0.123. The molecule has 2 aromatic carbocycles. The summed E-state index contributed by atoms with van der Waals surface area (Å²) in [5.74, 6) is 0.586. The van der Waals surface area contributed by atoms with E-state index in [9.17, 15) is 4.79 Å². The first kappa shape index (κ1) is 18.5. The third-order valence-corrected chi connectivity index (χ3v) is 5.62. The van der Waals surface area contributed by atoms with Crippen LogP contribution in [0.1, 0.15) is 32.7 Å². The number of aromatic nitrogens is 1. The molecule has 28 heavy (non-hydrogen) atoms. The van der Waals surface area contributed by atoms with Gasteiger partial charge in [-0.3, -0.25) is 4.79 Å². The number of nitrogens with one attached hydrogen (secondary N) is 1. The number of anilines is 1. The molecule has 0 fully saturated rings. The Hall–Kier alpha value is -2.86. The smallest absolute Gasteiger partial charge is 0.262 e. The first-order chi connectivity index (χ1) is 13.7. The summed E-state index contributed by atoms with van der Waals surface area (Å²) in [6.45, 7) is 4.49. The van der Waals surface area contributed by atoms with Gasteiger partial charge < -0.3 is 14.6 Å². The Morgan fingerprint density at radius 1 is 1.25 bits per heavy atom. The molecular formula is C22H23N3O2S. The zero-order valence-electron chi connectivity index (χ0n) is 16.0. The number of carbonyl (C=O) groups is 1. The number of fused-ring (bicyclic) bond motifs is 1. The Balaban J connectivity index is 1.82. The van der Waals surface area contributed by atoms with Crippen LogP contribution < -0.4 is 14.9 Å². The second-order valence-corrected chi connectivity index (χ2v) is 7.74. The van der Waals surface area contributed by atoms with Crippen molar-refractivity contribution in [3.8, 4) is 17.0 Å². The fraction of sp³-hybridized carbons (Fsp3) is 0.273. The number of benzene rings is 2. The minimum absolute atomic E-state index is 0.0679. The molecular weight excluding hydrogens is 370 g/mol. The van der Waals surface area contributed by atoms with Gasteiger partial charge in [-0.05, 0) is 43.7 Å². The highest BCUT2D eigenvalue weighted by Crippen LogP contribution is 2.34. The number of hydrogen-bond donors (Lipinski definition) is 1. The molecule has 0 radical (unpaired) electrons. The van der Waals surface area contributed by atoms with E-state index in [1.165, 1.54) is 0 Å². The van der Waals surface area contributed by atoms with Crippen LogP contribution in [0, 0.1) is 0 Å². The summed E-state index contributed by atoms with van der Waals surface area (Å²) in [6, 6.07) is 16.3. The molecule has 1 atom stereocenters. The molecule has 1 aliphatic heterocycles. The number of amides is 1. The third kappa shape index (κ3) is 3.73. The van der Waals surface area contributed by atoms with Crippen molar-refractivity contribution in [3.05, 3.63) is 58.7 Å². The second-order valence-electron chi connectivity index (χ2n) is 6.91. The van der Waals surface area contributed by atoms with E-state index in [0.29, 0.717) is 11.8 Å². The van der Waals surface area contributed by atoms with Crippen LogP contribution in [0.2, 0.25) is 0 Å². The van der Waals surface area contributed by atoms with Crippen molar-refractivity contribution >= 4 is 28.6 Å². The molecule has 2 heterocycles. The van der Waals surface area contributed by atoms with Crippen LogP contribution in [0.25, 0.3) is 11.3 Å². The molecule has 3 aromatic rings. The largest absolute Gasteiger partial charge is 0.482 e. The molecule has 1 N–H and O–H groups in total. The predicted molar refractivity (Wildman–Crippen MR) is 113 cm³/mol. The maximum atomic E-state index is 11.7. The van der Waals surface area contributed by atoms with Crippen LogP contribution in [0.4, 0.5) is 11.4 Å². The maximum Gasteiger partial charge on any atom is 0.262 e. The number of ether oxygens (including phenoxy) is 1. The van der Waals surface area contributed by atoms with Gasteiger partial charge in [-0.25, -0.2) is 4.99 Å². The molecule has 1 unspecified atom stereocenters. The van der Waals surface area contributed by atoms with Crippen molar-refractivity contribution in [2.45, 2.75) is 32.7 Å². The van der Waals surface area contributed by atoms with Gasteiger partial charge in [-0.15, -0.1) is 11.3 Å². The Labute approximate surface area is 168 Å². The van der Waals surface area contributed by atoms with E-state index in [4.69, 9.17) is 9.73 Å². The quantitative estimate of drug-likeness (QED) is 0.652. The van der Waals surface area contributed by atoms with Crippen molar-refractivity contribution in [3.63, 3.8) is 0 Å². The van der Waals surface area contributed by atoms with Crippen LogP contribution in [0.5, 0.6) is 5.75 Å². The first-order valence-corrected chi connectivity index (χ1v) is 10.4. The molecule has 0 saturated carbocycles. The van der Waals surface area contributed by atoms with Gasteiger partial charge in [0.15, 0.2) is 11.4 Å². The fourth-order valence-electron chi connectivity index (χ4n) is 3.44. The number of rotatable bonds is 5. The molecule has 1 aliphatic rings. The van der Waals surface area contributed by atoms with Gasteiger partial charge in [0.1, 0.15) is 5.75 Å². The lowest BCUT2D eigenvalue weighted by molar-refractivity contribution is -0.118. The normalized spacial score (nSPS) is 14.9. The Morgan fingerprint density at radius 2 is 2.07 bits per heavy atom. The number of thiazole rings is 1. The van der Waals surface area contributed by atoms with E-state index in [-0.39, 0.29) is 12.5 Å². The summed E-state index contributed by atoms with van der Waals surface area (Å²) in [5, 5.41) is 5.04. The molecule has 144 valence electrons. The van der Waals surface area contributed by atoms with Gasteiger partial charge in [-0.1, -0.05) is 31.5 Å². The zero-order valence-corrected chi connectivity index (χ0v) is 16.8. The van der Waals surface area contributed by atoms with Gasteiger partial charge in [0.05, 0.1) is 17.1 Å². The number of para-hydroxylation sites is 1. The van der Waals surface area contributed by atoms with Gasteiger partial charge in [0.2, 0.25) is 0 Å². The molecule has 6 heteroatoms. The summed E-state index contributed by atoms with van der Waals surface area (Å²) in [6.07, 6.45) is 2.17. The Morgan fingerprint density at radius 3 is 2.86 bits per heavy atom. The molecule has 0 aliphatic carbocycles. The number of nitrogens with zero attached hydrogens (tertiary/aromatic N) is 2. The number of carbonyl (C=O) groups excluding carboxylic acids is 1. The first-order valence-electron chi connectivity index (χ1n) is 9.52. The molecule has 0 spiro atoms. The lowest BCUT2D eigenvalue weighted by Gasteiger charge is -2.20. The monoisotopic (exact) mass is 393 g/mol. The minimum Gasteiger partial charge on any atom is -0.482 e. The van der Waals surface area contributed by atoms with E-state index in [0.717, 1.165) is 40.3 Å². The standard InChI is InChI=1S/C22H23N3O2S/c1-3-7-15(2)25-19(14-28-22(25)23-17-8-5-4-6-9-17)16-10-11-20-18(12-16)24-21(26)13-27-20/h4-6,8-12,14-15H,3,7,13H2,1-2H3,(H,24,26). The van der Waals surface area contributed by atoms with Gasteiger partial charge in [-0.2, -0.15) is 0 Å². The molecule has 1 aromatic heterocycles. The summed E-state index contributed by atoms with van der Waals surface area (Å²) in [4.78, 5) is 17.5. The third-order valence-electron chi connectivity index (χ3n) is 4.78. The van der Waals surface area contributed by atoms with E-state index in [2.05, 4.69) is 29.1 Å². The van der Waals surface area contributed by atoms with Crippen LogP contribution in [0.15, 0.2) is 58.9 Å². The van der Waals surface area contributed by atoms with Crippen LogP contribution >= 0.6 is 11.3 Å². The van der Waals surface area contributed by atoms with E-state index in [1.54, 1.807) is 11.3 Å². The SMILES string of the molecule is CCCC(C)n1c(-c2ccc3c(c2)NC(=O)CO3)csc1=Nc1ccccc1. The topological polar surface area (TPSA) is 55.6 Å². The zero-order chi connectivity index (χ0) is 19.5. The summed E-state index contributed by atoms with van der Waals surface area (Å²) >= 11 is 1.64. The Kier molecular flexibility index (Phi) is 5.30. The van der Waals surface area contributed by atoms with Crippen molar-refractivity contribution < 1.29 is 9.53 Å². The fourth-order valence-corrected chi connectivity index (χ4v) is 4.46. The second kappa shape index (κ2) is 8.02. The lowest BCUT2D eigenvalue weighted by atomic mass is 10.1. The van der Waals surface area contributed by atoms with E-state index >= 15 is 0 Å². The van der Waals surface area contributed by atoms with E-state index in [1.807, 2.05) is 48.5 Å². The summed E-state index contributed by atoms with van der Waals surface area (Å²) in [5.41, 5.74) is 3.80. The molecule has 4 rings (SSSR count). The molecule has 0 bridgehead atoms. The van der Waals surface area contributed by atoms with Crippen molar-refractivity contribution in [2.24, 2.45) is 4.99 Å². The van der Waals surface area contributed by atoms with Gasteiger partial charge in [0.25, 0.3) is 5.91 Å². The highest BCUT2D eigenvalue weighted by atomic mass is 32.1. The summed E-state index contributed by atoms with van der Waals surface area (Å²) in [7, 11) is 0. The lowest BCUT2D eigenvalue weighted by Crippen LogP contribution is -2.25. The predicted octanol–water partition coefficient (Wildman–Crippen LogP) is 5.14. The van der Waals surface area contributed by atoms with Crippen LogP contribution in [0.3, 0.4) is 0 Å². The number of hydrogen-bond acceptors (Lipinski definition) is 4. The molecule has 0 saturated heterocycles. The highest BCUT2D eigenvalue weighted by molar-refractivity contribution is 7.07. The Bertz CT molecular complexity index is 1050. The van der Waals surface area contributed by atoms with Gasteiger partial charge in [0, 0.05) is 17.0 Å². The van der Waals surface area contributed by atoms with Crippen molar-refractivity contribution in [1.29, 1.82) is 0 Å². The van der Waals surface area contributed by atoms with Crippen LogP contribution in [-0.4, -0.2) is 17.1 Å². The summed E-state index contributed by atoms with van der Waals surface area (Å²) < 4.78 is 7.79. The average molecular weight is 394 g/mol. The van der Waals surface area contributed by atoms with Crippen molar-refractivity contribution in [1.82, 2.24) is 4.57 Å². The van der Waals surface area contributed by atoms with Crippen molar-refractivity contribution in [2.75, 3.05) is 11.9 Å². The molecule has 5 nitrogen and oxygen atoms in total. The highest BCUT2D eigenvalue weighted by Gasteiger charge is 2.19.